The molecule has 0 unspecified atom stereocenters. The van der Waals surface area contributed by atoms with E-state index in [1.54, 1.807) is 7.11 Å². The first-order chi connectivity index (χ1) is 9.34. The van der Waals surface area contributed by atoms with Crippen LogP contribution in [-0.2, 0) is 20.7 Å². The van der Waals surface area contributed by atoms with E-state index in [2.05, 4.69) is 4.98 Å². The zero-order valence-electron chi connectivity index (χ0n) is 12.8. The minimum atomic E-state index is -0.340. The molecule has 0 atom stereocenters. The molecule has 1 aromatic heterocycles. The van der Waals surface area contributed by atoms with Crippen LogP contribution in [0.25, 0.3) is 6.08 Å². The number of methoxy groups -OCH3 is 1. The molecule has 0 aliphatic carbocycles. The lowest BCUT2D eigenvalue weighted by Crippen LogP contribution is -2.41. The SMILES string of the molecule is COCc1cccc(/C=C/B2OC(C)(C)C(C)(C)O2)n1. The molecule has 1 aromatic rings. The Hall–Kier alpha value is -1.17. The number of rotatable bonds is 4. The molecular formula is C15H22BNO3. The number of hydrogen-bond donors (Lipinski definition) is 0. The van der Waals surface area contributed by atoms with Gasteiger partial charge in [-0.15, -0.1) is 0 Å². The molecular weight excluding hydrogens is 253 g/mol. The minimum absolute atomic E-state index is 0.312. The van der Waals surface area contributed by atoms with E-state index in [1.165, 1.54) is 0 Å². The van der Waals surface area contributed by atoms with Gasteiger partial charge >= 0.3 is 7.12 Å². The van der Waals surface area contributed by atoms with Gasteiger partial charge in [-0.1, -0.05) is 12.0 Å². The zero-order valence-corrected chi connectivity index (χ0v) is 12.8. The fourth-order valence-corrected chi connectivity index (χ4v) is 1.96. The van der Waals surface area contributed by atoms with Crippen LogP contribution in [0.15, 0.2) is 24.2 Å². The summed E-state index contributed by atoms with van der Waals surface area (Å²) in [6, 6.07) is 5.85. The second-order valence-electron chi connectivity index (χ2n) is 5.97. The van der Waals surface area contributed by atoms with Gasteiger partial charge in [-0.05, 0) is 45.9 Å². The lowest BCUT2D eigenvalue weighted by molar-refractivity contribution is 0.00578. The van der Waals surface area contributed by atoms with E-state index in [0.29, 0.717) is 6.61 Å². The first kappa shape index (κ1) is 15.2. The molecule has 0 N–H and O–H groups in total. The molecule has 20 heavy (non-hydrogen) atoms. The van der Waals surface area contributed by atoms with Crippen LogP contribution >= 0.6 is 0 Å². The lowest BCUT2D eigenvalue weighted by atomic mass is 9.89. The smallest absolute Gasteiger partial charge is 0.400 e. The average Bonchev–Trinajstić information content (AvgIpc) is 2.56. The monoisotopic (exact) mass is 275 g/mol. The molecule has 1 saturated heterocycles. The third kappa shape index (κ3) is 3.29. The molecule has 1 aliphatic rings. The highest BCUT2D eigenvalue weighted by Gasteiger charge is 2.49. The van der Waals surface area contributed by atoms with Crippen LogP contribution in [0.1, 0.15) is 39.1 Å². The summed E-state index contributed by atoms with van der Waals surface area (Å²) in [7, 11) is 1.32. The van der Waals surface area contributed by atoms with Gasteiger partial charge in [0, 0.05) is 7.11 Å². The zero-order chi connectivity index (χ0) is 14.8. The van der Waals surface area contributed by atoms with E-state index in [0.717, 1.165) is 11.4 Å². The van der Waals surface area contributed by atoms with Crippen LogP contribution in [-0.4, -0.2) is 30.4 Å². The van der Waals surface area contributed by atoms with Gasteiger partial charge < -0.3 is 14.0 Å². The predicted molar refractivity (Wildman–Crippen MR) is 80.1 cm³/mol. The second-order valence-corrected chi connectivity index (χ2v) is 5.97. The summed E-state index contributed by atoms with van der Waals surface area (Å²) in [5.74, 6) is 1.90. The number of nitrogens with zero attached hydrogens (tertiary/aromatic N) is 1. The van der Waals surface area contributed by atoms with E-state index in [-0.39, 0.29) is 18.3 Å². The maximum Gasteiger partial charge on any atom is 0.487 e. The van der Waals surface area contributed by atoms with Crippen LogP contribution in [0, 0.1) is 0 Å². The van der Waals surface area contributed by atoms with Crippen molar-refractivity contribution in [2.45, 2.75) is 45.5 Å². The highest BCUT2D eigenvalue weighted by molar-refractivity contribution is 6.52. The van der Waals surface area contributed by atoms with Gasteiger partial charge in [0.1, 0.15) is 0 Å². The fourth-order valence-electron chi connectivity index (χ4n) is 1.96. The molecule has 0 aromatic carbocycles. The van der Waals surface area contributed by atoms with Crippen molar-refractivity contribution in [1.82, 2.24) is 4.98 Å². The van der Waals surface area contributed by atoms with Crippen molar-refractivity contribution in [3.8, 4) is 0 Å². The molecule has 1 aliphatic heterocycles. The van der Waals surface area contributed by atoms with Gasteiger partial charge in [-0.25, -0.2) is 0 Å². The van der Waals surface area contributed by atoms with Gasteiger partial charge in [0.05, 0.1) is 29.2 Å². The quantitative estimate of drug-likeness (QED) is 0.792. The third-order valence-corrected chi connectivity index (χ3v) is 3.82. The maximum atomic E-state index is 5.90. The standard InChI is InChI=1S/C15H22BNO3/c1-14(2)15(3,4)20-16(19-14)10-9-12-7-6-8-13(17-12)11-18-5/h6-10H,11H2,1-5H3/b10-9+. The van der Waals surface area contributed by atoms with Crippen LogP contribution in [0.2, 0.25) is 0 Å². The molecule has 0 saturated carbocycles. The number of pyridine rings is 1. The van der Waals surface area contributed by atoms with Crippen molar-refractivity contribution in [2.75, 3.05) is 7.11 Å². The lowest BCUT2D eigenvalue weighted by Gasteiger charge is -2.32. The van der Waals surface area contributed by atoms with Crippen LogP contribution in [0.4, 0.5) is 0 Å². The van der Waals surface area contributed by atoms with Crippen molar-refractivity contribution in [3.05, 3.63) is 35.6 Å². The first-order valence-corrected chi connectivity index (χ1v) is 6.83. The summed E-state index contributed by atoms with van der Waals surface area (Å²) in [5, 5.41) is 0. The van der Waals surface area contributed by atoms with E-state index < -0.39 is 0 Å². The Bertz CT molecular complexity index is 484. The Balaban J connectivity index is 2.06. The highest BCUT2D eigenvalue weighted by Crippen LogP contribution is 2.36. The predicted octanol–water partition coefficient (Wildman–Crippen LogP) is 2.87. The Morgan fingerprint density at radius 3 is 2.45 bits per heavy atom. The molecule has 0 amide bonds. The number of ether oxygens (including phenoxy) is 1. The van der Waals surface area contributed by atoms with Crippen molar-refractivity contribution in [1.29, 1.82) is 0 Å². The number of aromatic nitrogens is 1. The first-order valence-electron chi connectivity index (χ1n) is 6.83. The Morgan fingerprint density at radius 1 is 1.20 bits per heavy atom. The van der Waals surface area contributed by atoms with Gasteiger partial charge in [-0.3, -0.25) is 4.98 Å². The molecule has 1 fully saturated rings. The molecule has 0 spiro atoms. The normalized spacial score (nSPS) is 20.8. The summed E-state index contributed by atoms with van der Waals surface area (Å²) in [6.45, 7) is 8.67. The summed E-state index contributed by atoms with van der Waals surface area (Å²) in [5.41, 5.74) is 1.15. The Morgan fingerprint density at radius 2 is 1.85 bits per heavy atom. The van der Waals surface area contributed by atoms with Gasteiger partial charge in [0.2, 0.25) is 0 Å². The van der Waals surface area contributed by atoms with Crippen LogP contribution in [0.3, 0.4) is 0 Å². The van der Waals surface area contributed by atoms with Crippen molar-refractivity contribution < 1.29 is 14.0 Å². The van der Waals surface area contributed by atoms with E-state index in [9.17, 15) is 0 Å². The largest absolute Gasteiger partial charge is 0.487 e. The molecule has 108 valence electrons. The van der Waals surface area contributed by atoms with Gasteiger partial charge in [0.15, 0.2) is 0 Å². The average molecular weight is 275 g/mol. The fraction of sp³-hybridized carbons (Fsp3) is 0.533. The molecule has 5 heteroatoms. The second kappa shape index (κ2) is 5.68. The van der Waals surface area contributed by atoms with Crippen LogP contribution in [0.5, 0.6) is 0 Å². The Labute approximate surface area is 121 Å². The van der Waals surface area contributed by atoms with Crippen LogP contribution < -0.4 is 0 Å². The topological polar surface area (TPSA) is 40.6 Å². The summed E-state index contributed by atoms with van der Waals surface area (Å²) in [6.07, 6.45) is 1.92. The highest BCUT2D eigenvalue weighted by atomic mass is 16.7. The van der Waals surface area contributed by atoms with E-state index >= 15 is 0 Å². The van der Waals surface area contributed by atoms with Crippen molar-refractivity contribution in [3.63, 3.8) is 0 Å². The molecule has 0 bridgehead atoms. The maximum absolute atomic E-state index is 5.90. The van der Waals surface area contributed by atoms with Gasteiger partial charge in [0.25, 0.3) is 0 Å². The van der Waals surface area contributed by atoms with Crippen molar-refractivity contribution in [2.24, 2.45) is 0 Å². The molecule has 4 nitrogen and oxygen atoms in total. The number of hydrogen-bond acceptors (Lipinski definition) is 4. The third-order valence-electron chi connectivity index (χ3n) is 3.82. The summed E-state index contributed by atoms with van der Waals surface area (Å²) >= 11 is 0. The van der Waals surface area contributed by atoms with E-state index in [1.807, 2.05) is 57.9 Å². The Kier molecular flexibility index (Phi) is 4.32. The summed E-state index contributed by atoms with van der Waals surface area (Å²) in [4.78, 5) is 4.47. The van der Waals surface area contributed by atoms with Crippen molar-refractivity contribution >= 4 is 13.2 Å². The van der Waals surface area contributed by atoms with E-state index in [4.69, 9.17) is 14.0 Å². The molecule has 0 radical (unpaired) electrons. The van der Waals surface area contributed by atoms with Gasteiger partial charge in [-0.2, -0.15) is 0 Å². The summed E-state index contributed by atoms with van der Waals surface area (Å²) < 4.78 is 16.9. The minimum Gasteiger partial charge on any atom is -0.400 e. The molecule has 2 rings (SSSR count). The molecule has 2 heterocycles.